The van der Waals surface area contributed by atoms with Gasteiger partial charge < -0.3 is 4.74 Å². The first-order chi connectivity index (χ1) is 9.69. The topological polar surface area (TPSA) is 43.4 Å². The highest BCUT2D eigenvalue weighted by Gasteiger charge is 2.49. The molecule has 0 aromatic rings. The van der Waals surface area contributed by atoms with Gasteiger partial charge in [0.05, 0.1) is 6.61 Å². The molecule has 2 atom stereocenters. The second-order valence-corrected chi connectivity index (χ2v) is 13.2. The lowest BCUT2D eigenvalue weighted by atomic mass is 9.75. The van der Waals surface area contributed by atoms with E-state index in [0.717, 1.165) is 25.3 Å². The van der Waals surface area contributed by atoms with Crippen LogP contribution in [0.4, 0.5) is 0 Å². The molecule has 1 saturated carbocycles. The van der Waals surface area contributed by atoms with Crippen LogP contribution < -0.4 is 0 Å². The minimum atomic E-state index is -1.23. The van der Waals surface area contributed by atoms with Gasteiger partial charge in [-0.25, -0.2) is 0 Å². The Labute approximate surface area is 129 Å². The fourth-order valence-corrected chi connectivity index (χ4v) is 3.62. The Bertz CT molecular complexity index is 430. The number of Topliss-reactive ketones (excluding diaryl/α,β-unsaturated/α-hetero) is 1. The molecule has 2 unspecified atom stereocenters. The van der Waals surface area contributed by atoms with Gasteiger partial charge in [-0.15, -0.1) is 12.3 Å². The molecule has 21 heavy (non-hydrogen) atoms. The SMILES string of the molecule is C#CCCCC1(C)CCC(=O)C1C(=O)OCC[Si](C)(C)C. The summed E-state index contributed by atoms with van der Waals surface area (Å²) in [6, 6.07) is 0.938. The standard InChI is InChI=1S/C17H28O3Si/c1-6-7-8-10-17(2)11-9-14(18)15(17)16(19)20-12-13-21(3,4)5/h1,15H,7-13H2,2-5H3. The maximum Gasteiger partial charge on any atom is 0.317 e. The minimum absolute atomic E-state index is 0.0382. The number of terminal acetylenes is 1. The molecule has 0 amide bonds. The second kappa shape index (κ2) is 7.26. The molecule has 1 aliphatic rings. The van der Waals surface area contributed by atoms with E-state index in [0.29, 0.717) is 19.4 Å². The first-order valence-electron chi connectivity index (χ1n) is 7.82. The molecule has 4 heteroatoms. The molecule has 0 radical (unpaired) electrons. The summed E-state index contributed by atoms with van der Waals surface area (Å²) in [5.74, 6) is 1.75. The summed E-state index contributed by atoms with van der Waals surface area (Å²) in [7, 11) is -1.23. The van der Waals surface area contributed by atoms with Crippen LogP contribution in [0.25, 0.3) is 0 Å². The lowest BCUT2D eigenvalue weighted by Gasteiger charge is -2.29. The van der Waals surface area contributed by atoms with Gasteiger partial charge in [0.1, 0.15) is 11.7 Å². The Kier molecular flexibility index (Phi) is 6.21. The van der Waals surface area contributed by atoms with Gasteiger partial charge in [-0.3, -0.25) is 9.59 Å². The zero-order valence-electron chi connectivity index (χ0n) is 13.8. The maximum absolute atomic E-state index is 12.3. The normalized spacial score (nSPS) is 25.7. The third-order valence-corrected chi connectivity index (χ3v) is 6.07. The summed E-state index contributed by atoms with van der Waals surface area (Å²) >= 11 is 0. The second-order valence-electron chi connectivity index (χ2n) is 7.59. The van der Waals surface area contributed by atoms with Gasteiger partial charge in [-0.1, -0.05) is 26.6 Å². The molecule has 1 fully saturated rings. The van der Waals surface area contributed by atoms with E-state index in [4.69, 9.17) is 11.2 Å². The van der Waals surface area contributed by atoms with Crippen molar-refractivity contribution in [1.82, 2.24) is 0 Å². The van der Waals surface area contributed by atoms with Crippen molar-refractivity contribution < 1.29 is 14.3 Å². The molecular weight excluding hydrogens is 280 g/mol. The van der Waals surface area contributed by atoms with Gasteiger partial charge in [0, 0.05) is 20.9 Å². The highest BCUT2D eigenvalue weighted by molar-refractivity contribution is 6.76. The van der Waals surface area contributed by atoms with Crippen molar-refractivity contribution in [3.05, 3.63) is 0 Å². The Morgan fingerprint density at radius 3 is 2.71 bits per heavy atom. The van der Waals surface area contributed by atoms with E-state index in [1.165, 1.54) is 0 Å². The number of carbonyl (C=O) groups is 2. The molecule has 1 aliphatic carbocycles. The van der Waals surface area contributed by atoms with Crippen molar-refractivity contribution in [2.24, 2.45) is 11.3 Å². The van der Waals surface area contributed by atoms with Crippen molar-refractivity contribution in [1.29, 1.82) is 0 Å². The first-order valence-corrected chi connectivity index (χ1v) is 11.5. The summed E-state index contributed by atoms with van der Waals surface area (Å²) in [5, 5.41) is 0. The largest absolute Gasteiger partial charge is 0.465 e. The highest BCUT2D eigenvalue weighted by Crippen LogP contribution is 2.45. The fraction of sp³-hybridized carbons (Fsp3) is 0.765. The molecular formula is C17H28O3Si. The van der Waals surface area contributed by atoms with E-state index >= 15 is 0 Å². The monoisotopic (exact) mass is 308 g/mol. The van der Waals surface area contributed by atoms with E-state index in [1.807, 2.05) is 6.92 Å². The summed E-state index contributed by atoms with van der Waals surface area (Å²) in [6.07, 6.45) is 8.91. The van der Waals surface area contributed by atoms with E-state index < -0.39 is 14.0 Å². The third kappa shape index (κ3) is 5.31. The Morgan fingerprint density at radius 1 is 1.48 bits per heavy atom. The molecule has 118 valence electrons. The van der Waals surface area contributed by atoms with Gasteiger partial charge in [-0.05, 0) is 30.7 Å². The van der Waals surface area contributed by atoms with Gasteiger partial charge in [0.2, 0.25) is 0 Å². The highest BCUT2D eigenvalue weighted by atomic mass is 28.3. The Balaban J connectivity index is 2.61. The molecule has 0 aliphatic heterocycles. The summed E-state index contributed by atoms with van der Waals surface area (Å²) < 4.78 is 5.41. The average molecular weight is 308 g/mol. The third-order valence-electron chi connectivity index (χ3n) is 4.36. The molecule has 3 nitrogen and oxygen atoms in total. The van der Waals surface area contributed by atoms with Crippen LogP contribution in [0.3, 0.4) is 0 Å². The van der Waals surface area contributed by atoms with E-state index in [9.17, 15) is 9.59 Å². The summed E-state index contributed by atoms with van der Waals surface area (Å²) in [5.41, 5.74) is -0.274. The molecule has 0 saturated heterocycles. The number of hydrogen-bond acceptors (Lipinski definition) is 3. The Morgan fingerprint density at radius 2 is 2.14 bits per heavy atom. The maximum atomic E-state index is 12.3. The molecule has 0 aromatic carbocycles. The van der Waals surface area contributed by atoms with Crippen LogP contribution in [-0.4, -0.2) is 26.4 Å². The molecule has 0 spiro atoms. The van der Waals surface area contributed by atoms with Gasteiger partial charge in [0.15, 0.2) is 0 Å². The lowest BCUT2D eigenvalue weighted by Crippen LogP contribution is -2.35. The zero-order valence-corrected chi connectivity index (χ0v) is 14.8. The van der Waals surface area contributed by atoms with Crippen molar-refractivity contribution in [2.45, 2.75) is 64.7 Å². The number of carbonyl (C=O) groups excluding carboxylic acids is 2. The van der Waals surface area contributed by atoms with Gasteiger partial charge in [0.25, 0.3) is 0 Å². The Hall–Kier alpha value is -1.08. The van der Waals surface area contributed by atoms with Crippen LogP contribution in [0.2, 0.25) is 25.7 Å². The lowest BCUT2D eigenvalue weighted by molar-refractivity contribution is -0.154. The van der Waals surface area contributed by atoms with Crippen molar-refractivity contribution >= 4 is 19.8 Å². The van der Waals surface area contributed by atoms with E-state index in [-0.39, 0.29) is 17.2 Å². The zero-order chi connectivity index (χ0) is 16.1. The van der Waals surface area contributed by atoms with Crippen molar-refractivity contribution in [2.75, 3.05) is 6.61 Å². The summed E-state index contributed by atoms with van der Waals surface area (Å²) in [6.45, 7) is 9.19. The molecule has 0 heterocycles. The first kappa shape index (κ1) is 18.0. The van der Waals surface area contributed by atoms with Crippen molar-refractivity contribution in [3.8, 4) is 12.3 Å². The number of ether oxygens (including phenoxy) is 1. The predicted molar refractivity (Wildman–Crippen MR) is 87.6 cm³/mol. The van der Waals surface area contributed by atoms with Crippen LogP contribution in [-0.2, 0) is 14.3 Å². The van der Waals surface area contributed by atoms with Crippen LogP contribution in [0.5, 0.6) is 0 Å². The number of rotatable bonds is 7. The minimum Gasteiger partial charge on any atom is -0.465 e. The smallest absolute Gasteiger partial charge is 0.317 e. The quantitative estimate of drug-likeness (QED) is 0.237. The van der Waals surface area contributed by atoms with Crippen LogP contribution in [0.1, 0.15) is 39.0 Å². The summed E-state index contributed by atoms with van der Waals surface area (Å²) in [4.78, 5) is 24.4. The van der Waals surface area contributed by atoms with Crippen LogP contribution in [0.15, 0.2) is 0 Å². The number of esters is 1. The van der Waals surface area contributed by atoms with Crippen molar-refractivity contribution in [3.63, 3.8) is 0 Å². The number of hydrogen-bond donors (Lipinski definition) is 0. The van der Waals surface area contributed by atoms with Crippen LogP contribution >= 0.6 is 0 Å². The predicted octanol–water partition coefficient (Wildman–Crippen LogP) is 3.66. The molecule has 0 bridgehead atoms. The fourth-order valence-electron chi connectivity index (χ4n) is 2.91. The molecule has 1 rings (SSSR count). The molecule has 0 N–H and O–H groups in total. The van der Waals surface area contributed by atoms with E-state index in [1.54, 1.807) is 0 Å². The molecule has 0 aromatic heterocycles. The van der Waals surface area contributed by atoms with Gasteiger partial charge in [-0.2, -0.15) is 0 Å². The van der Waals surface area contributed by atoms with Gasteiger partial charge >= 0.3 is 5.97 Å². The number of ketones is 1. The van der Waals surface area contributed by atoms with E-state index in [2.05, 4.69) is 25.6 Å². The van der Waals surface area contributed by atoms with Crippen LogP contribution in [0, 0.1) is 23.7 Å². The number of unbranched alkanes of at least 4 members (excludes halogenated alkanes) is 1. The average Bonchev–Trinajstić information content (AvgIpc) is 2.64.